The molecule has 0 unspecified atom stereocenters. The van der Waals surface area contributed by atoms with E-state index in [1.165, 1.54) is 16.7 Å². The number of imidazole rings is 1. The molecule has 4 rings (SSSR count). The van der Waals surface area contributed by atoms with E-state index in [4.69, 9.17) is 0 Å². The van der Waals surface area contributed by atoms with Crippen molar-refractivity contribution in [3.63, 3.8) is 0 Å². The molecule has 2 heterocycles. The number of halogens is 3. The quantitative estimate of drug-likeness (QED) is 0.520. The number of rotatable bonds is 4. The van der Waals surface area contributed by atoms with Crippen LogP contribution in [0.1, 0.15) is 16.8 Å². The first kappa shape index (κ1) is 20.5. The van der Waals surface area contributed by atoms with E-state index in [1.54, 1.807) is 13.1 Å². The monoisotopic (exact) mass is 429 g/mol. The zero-order valence-corrected chi connectivity index (χ0v) is 16.6. The lowest BCUT2D eigenvalue weighted by molar-refractivity contribution is -0.274. The van der Waals surface area contributed by atoms with Crippen LogP contribution in [0.25, 0.3) is 16.6 Å². The van der Waals surface area contributed by atoms with Gasteiger partial charge in [0.15, 0.2) is 0 Å². The van der Waals surface area contributed by atoms with Crippen molar-refractivity contribution in [3.05, 3.63) is 82.0 Å². The van der Waals surface area contributed by atoms with Gasteiger partial charge in [-0.05, 0) is 55.3 Å². The molecule has 6 nitrogen and oxygen atoms in total. The summed E-state index contributed by atoms with van der Waals surface area (Å²) in [4.78, 5) is 17.5. The van der Waals surface area contributed by atoms with Gasteiger partial charge in [-0.25, -0.2) is 9.36 Å². The highest BCUT2D eigenvalue weighted by Gasteiger charge is 2.31. The number of fused-ring (bicyclic) bond motifs is 1. The minimum absolute atomic E-state index is 0.204. The second kappa shape index (κ2) is 7.50. The van der Waals surface area contributed by atoms with Crippen molar-refractivity contribution in [1.82, 2.24) is 14.1 Å². The van der Waals surface area contributed by atoms with Gasteiger partial charge in [0.05, 0.1) is 23.4 Å². The van der Waals surface area contributed by atoms with E-state index >= 15 is 0 Å². The molecule has 0 aliphatic carbocycles. The van der Waals surface area contributed by atoms with Gasteiger partial charge in [-0.3, -0.25) is 9.55 Å². The van der Waals surface area contributed by atoms with Gasteiger partial charge in [0.1, 0.15) is 5.75 Å². The van der Waals surface area contributed by atoms with Crippen LogP contribution in [0, 0.1) is 13.8 Å². The molecule has 2 aromatic carbocycles. The molecule has 0 amide bonds. The molecular formula is C22H18F3N3O3. The summed E-state index contributed by atoms with van der Waals surface area (Å²) in [6.07, 6.45) is -3.08. The molecule has 0 saturated carbocycles. The van der Waals surface area contributed by atoms with Crippen LogP contribution in [0.3, 0.4) is 0 Å². The normalized spacial score (nSPS) is 11.8. The van der Waals surface area contributed by atoms with Crippen molar-refractivity contribution in [2.75, 3.05) is 0 Å². The summed E-state index contributed by atoms with van der Waals surface area (Å²) in [5.74, 6) is -0.704. The van der Waals surface area contributed by atoms with Gasteiger partial charge in [0.2, 0.25) is 5.88 Å². The summed E-state index contributed by atoms with van der Waals surface area (Å²) < 4.78 is 43.4. The van der Waals surface area contributed by atoms with Crippen molar-refractivity contribution < 1.29 is 23.0 Å². The maximum atomic E-state index is 13.1. The van der Waals surface area contributed by atoms with Gasteiger partial charge in [-0.1, -0.05) is 18.2 Å². The smallest absolute Gasteiger partial charge is 0.493 e. The molecule has 0 spiro atoms. The Morgan fingerprint density at radius 2 is 1.74 bits per heavy atom. The van der Waals surface area contributed by atoms with Crippen LogP contribution in [0.2, 0.25) is 0 Å². The number of pyridine rings is 1. The van der Waals surface area contributed by atoms with Gasteiger partial charge in [-0.15, -0.1) is 13.2 Å². The highest BCUT2D eigenvalue weighted by atomic mass is 19.4. The molecule has 0 atom stereocenters. The molecular weight excluding hydrogens is 411 g/mol. The van der Waals surface area contributed by atoms with E-state index in [0.29, 0.717) is 5.69 Å². The van der Waals surface area contributed by atoms with Crippen molar-refractivity contribution in [2.24, 2.45) is 0 Å². The largest absolute Gasteiger partial charge is 0.573 e. The van der Waals surface area contributed by atoms with Crippen LogP contribution in [-0.2, 0) is 6.54 Å². The Labute approximate surface area is 174 Å². The third-order valence-corrected chi connectivity index (χ3v) is 5.11. The average Bonchev–Trinajstić information content (AvgIpc) is 2.93. The Hall–Kier alpha value is -3.75. The predicted octanol–water partition coefficient (Wildman–Crippen LogP) is 4.46. The van der Waals surface area contributed by atoms with E-state index in [-0.39, 0.29) is 18.1 Å². The SMILES string of the molecule is Cc1cnc2ccccc2c1Cn1c(C)c(O)n(-c2ccc(OC(F)(F)F)cc2)c1=O. The third-order valence-electron chi connectivity index (χ3n) is 5.11. The Morgan fingerprint density at radius 3 is 2.42 bits per heavy atom. The fourth-order valence-corrected chi connectivity index (χ4v) is 3.52. The number of aromatic hydroxyl groups is 1. The standard InChI is InChI=1S/C22H18F3N3O3/c1-13-11-26-19-6-4-3-5-17(19)18(13)12-27-14(2)20(29)28(21(27)30)15-7-9-16(10-8-15)31-22(23,24)25/h3-11,29H,12H2,1-2H3. The van der Waals surface area contributed by atoms with Gasteiger partial charge < -0.3 is 9.84 Å². The average molecular weight is 429 g/mol. The lowest BCUT2D eigenvalue weighted by Gasteiger charge is -2.11. The first-order valence-corrected chi connectivity index (χ1v) is 9.36. The number of benzene rings is 2. The van der Waals surface area contributed by atoms with Crippen LogP contribution in [-0.4, -0.2) is 25.6 Å². The first-order chi connectivity index (χ1) is 14.7. The van der Waals surface area contributed by atoms with Crippen molar-refractivity contribution >= 4 is 10.9 Å². The summed E-state index contributed by atoms with van der Waals surface area (Å²) >= 11 is 0. The number of aromatic nitrogens is 3. The summed E-state index contributed by atoms with van der Waals surface area (Å²) in [5, 5.41) is 11.5. The summed E-state index contributed by atoms with van der Waals surface area (Å²) in [7, 11) is 0. The maximum absolute atomic E-state index is 13.1. The highest BCUT2D eigenvalue weighted by molar-refractivity contribution is 5.82. The zero-order chi connectivity index (χ0) is 22.3. The van der Waals surface area contributed by atoms with Gasteiger partial charge in [-0.2, -0.15) is 0 Å². The fraction of sp³-hybridized carbons (Fsp3) is 0.182. The molecule has 1 N–H and O–H groups in total. The van der Waals surface area contributed by atoms with E-state index < -0.39 is 17.8 Å². The number of ether oxygens (including phenoxy) is 1. The van der Waals surface area contributed by atoms with Crippen LogP contribution in [0.15, 0.2) is 59.5 Å². The van der Waals surface area contributed by atoms with Crippen LogP contribution < -0.4 is 10.4 Å². The predicted molar refractivity (Wildman–Crippen MR) is 109 cm³/mol. The fourth-order valence-electron chi connectivity index (χ4n) is 3.52. The Bertz CT molecular complexity index is 1320. The number of para-hydroxylation sites is 1. The number of aryl methyl sites for hydroxylation is 1. The van der Waals surface area contributed by atoms with Crippen molar-refractivity contribution in [3.8, 4) is 17.3 Å². The molecule has 0 fully saturated rings. The Balaban J connectivity index is 1.76. The number of hydrogen-bond donors (Lipinski definition) is 1. The first-order valence-electron chi connectivity index (χ1n) is 9.36. The number of alkyl halides is 3. The lowest BCUT2D eigenvalue weighted by Crippen LogP contribution is -2.24. The molecule has 0 radical (unpaired) electrons. The van der Waals surface area contributed by atoms with E-state index in [0.717, 1.165) is 38.7 Å². The summed E-state index contributed by atoms with van der Waals surface area (Å²) in [6, 6.07) is 12.3. The number of hydrogen-bond acceptors (Lipinski definition) is 4. The van der Waals surface area contributed by atoms with Gasteiger partial charge in [0.25, 0.3) is 0 Å². The second-order valence-corrected chi connectivity index (χ2v) is 7.09. The van der Waals surface area contributed by atoms with Crippen LogP contribution in [0.4, 0.5) is 13.2 Å². The minimum Gasteiger partial charge on any atom is -0.493 e. The molecule has 0 bridgehead atoms. The third kappa shape index (κ3) is 3.86. The van der Waals surface area contributed by atoms with Crippen molar-refractivity contribution in [2.45, 2.75) is 26.8 Å². The van der Waals surface area contributed by atoms with E-state index in [9.17, 15) is 23.1 Å². The van der Waals surface area contributed by atoms with E-state index in [1.807, 2.05) is 31.2 Å². The highest BCUT2D eigenvalue weighted by Crippen LogP contribution is 2.27. The van der Waals surface area contributed by atoms with E-state index in [2.05, 4.69) is 9.72 Å². The Morgan fingerprint density at radius 1 is 1.06 bits per heavy atom. The maximum Gasteiger partial charge on any atom is 0.573 e. The van der Waals surface area contributed by atoms with Crippen LogP contribution in [0.5, 0.6) is 11.6 Å². The number of nitrogens with zero attached hydrogens (tertiary/aromatic N) is 3. The Kier molecular flexibility index (Phi) is 4.96. The molecule has 31 heavy (non-hydrogen) atoms. The summed E-state index contributed by atoms with van der Waals surface area (Å²) in [6.45, 7) is 3.70. The lowest BCUT2D eigenvalue weighted by atomic mass is 10.0. The topological polar surface area (TPSA) is 69.3 Å². The van der Waals surface area contributed by atoms with Gasteiger partial charge in [0, 0.05) is 11.6 Å². The van der Waals surface area contributed by atoms with Gasteiger partial charge >= 0.3 is 12.1 Å². The zero-order valence-electron chi connectivity index (χ0n) is 16.6. The minimum atomic E-state index is -4.81. The van der Waals surface area contributed by atoms with Crippen molar-refractivity contribution in [1.29, 1.82) is 0 Å². The molecule has 9 heteroatoms. The molecule has 160 valence electrons. The molecule has 0 saturated heterocycles. The molecule has 0 aliphatic rings. The summed E-state index contributed by atoms with van der Waals surface area (Å²) in [5.41, 5.74) is 2.61. The van der Waals surface area contributed by atoms with Crippen LogP contribution >= 0.6 is 0 Å². The molecule has 4 aromatic rings. The second-order valence-electron chi connectivity index (χ2n) is 7.09. The molecule has 2 aromatic heterocycles. The molecule has 0 aliphatic heterocycles.